The summed E-state index contributed by atoms with van der Waals surface area (Å²) in [6.45, 7) is 7.68. The van der Waals surface area contributed by atoms with Crippen LogP contribution >= 0.6 is 0 Å². The summed E-state index contributed by atoms with van der Waals surface area (Å²) < 4.78 is 0. The minimum atomic E-state index is 0.758. The minimum Gasteiger partial charge on any atom is -0.399 e. The molecule has 3 aromatic rings. The van der Waals surface area contributed by atoms with Crippen molar-refractivity contribution < 1.29 is 0 Å². The Morgan fingerprint density at radius 3 is 2.32 bits per heavy atom. The first-order chi connectivity index (χ1) is 10.6. The number of allylic oxidation sites excluding steroid dienone is 2. The quantitative estimate of drug-likeness (QED) is 0.418. The molecule has 0 aliphatic heterocycles. The maximum atomic E-state index is 6.37. The maximum Gasteiger partial charge on any atom is 0.0391 e. The number of rotatable bonds is 4. The van der Waals surface area contributed by atoms with Crippen molar-refractivity contribution >= 4 is 32.9 Å². The fourth-order valence-corrected chi connectivity index (χ4v) is 3.01. The van der Waals surface area contributed by atoms with Gasteiger partial charge in [0.1, 0.15) is 0 Å². The number of anilines is 2. The van der Waals surface area contributed by atoms with E-state index in [1.807, 2.05) is 24.3 Å². The van der Waals surface area contributed by atoms with Gasteiger partial charge >= 0.3 is 0 Å². The molecule has 0 radical (unpaired) electrons. The van der Waals surface area contributed by atoms with Crippen LogP contribution in [0.4, 0.5) is 11.4 Å². The highest BCUT2D eigenvalue weighted by atomic mass is 14.6. The predicted molar refractivity (Wildman–Crippen MR) is 98.1 cm³/mol. The SMILES string of the molecule is C=CCc1cc2cc3cc(N)ccc3cc2c(CC=C)c1N. The average Bonchev–Trinajstić information content (AvgIpc) is 2.50. The van der Waals surface area contributed by atoms with E-state index in [1.54, 1.807) is 0 Å². The monoisotopic (exact) mass is 288 g/mol. The van der Waals surface area contributed by atoms with E-state index in [4.69, 9.17) is 11.5 Å². The Morgan fingerprint density at radius 1 is 0.818 bits per heavy atom. The average molecular weight is 288 g/mol. The van der Waals surface area contributed by atoms with E-state index in [1.165, 1.54) is 16.2 Å². The summed E-state index contributed by atoms with van der Waals surface area (Å²) in [5.41, 5.74) is 16.2. The fraction of sp³-hybridized carbons (Fsp3) is 0.100. The summed E-state index contributed by atoms with van der Waals surface area (Å²) in [7, 11) is 0. The van der Waals surface area contributed by atoms with Crippen LogP contribution < -0.4 is 11.5 Å². The van der Waals surface area contributed by atoms with E-state index in [9.17, 15) is 0 Å². The standard InChI is InChI=1S/C20H20N2/c1-3-5-14-9-16-10-15-11-17(21)8-7-13(15)12-19(16)18(6-4-2)20(14)22/h3-4,7-12H,1-2,5-6,21-22H2. The maximum absolute atomic E-state index is 6.37. The van der Waals surface area contributed by atoms with Crippen molar-refractivity contribution in [3.63, 3.8) is 0 Å². The van der Waals surface area contributed by atoms with E-state index in [2.05, 4.69) is 37.4 Å². The van der Waals surface area contributed by atoms with Crippen LogP contribution in [0.1, 0.15) is 11.1 Å². The molecular weight excluding hydrogens is 268 g/mol. The van der Waals surface area contributed by atoms with E-state index in [0.29, 0.717) is 0 Å². The summed E-state index contributed by atoms with van der Waals surface area (Å²) in [5, 5.41) is 4.68. The van der Waals surface area contributed by atoms with E-state index in [0.717, 1.165) is 40.7 Å². The number of nitrogen functional groups attached to an aromatic ring is 2. The van der Waals surface area contributed by atoms with E-state index < -0.39 is 0 Å². The van der Waals surface area contributed by atoms with Crippen LogP contribution in [0.2, 0.25) is 0 Å². The molecule has 0 amide bonds. The van der Waals surface area contributed by atoms with Crippen molar-refractivity contribution in [3.05, 3.63) is 72.8 Å². The highest BCUT2D eigenvalue weighted by molar-refractivity contribution is 6.02. The number of fused-ring (bicyclic) bond motifs is 2. The van der Waals surface area contributed by atoms with Gasteiger partial charge in [0, 0.05) is 11.4 Å². The Kier molecular flexibility index (Phi) is 3.60. The van der Waals surface area contributed by atoms with Gasteiger partial charge in [-0.05, 0) is 75.8 Å². The zero-order chi connectivity index (χ0) is 15.7. The van der Waals surface area contributed by atoms with Gasteiger partial charge in [0.25, 0.3) is 0 Å². The van der Waals surface area contributed by atoms with Crippen molar-refractivity contribution in [2.75, 3.05) is 11.5 Å². The van der Waals surface area contributed by atoms with Gasteiger partial charge in [-0.25, -0.2) is 0 Å². The third-order valence-electron chi connectivity index (χ3n) is 4.07. The van der Waals surface area contributed by atoms with Gasteiger partial charge in [0.2, 0.25) is 0 Å². The molecule has 0 heterocycles. The first-order valence-corrected chi connectivity index (χ1v) is 7.39. The van der Waals surface area contributed by atoms with Crippen LogP contribution in [0.15, 0.2) is 61.7 Å². The Hall–Kier alpha value is -2.74. The van der Waals surface area contributed by atoms with Crippen molar-refractivity contribution in [3.8, 4) is 0 Å². The van der Waals surface area contributed by atoms with Gasteiger partial charge in [0.15, 0.2) is 0 Å². The first kappa shape index (κ1) is 14.2. The lowest BCUT2D eigenvalue weighted by Crippen LogP contribution is -2.00. The predicted octanol–water partition coefficient (Wildman–Crippen LogP) is 4.61. The molecule has 2 nitrogen and oxygen atoms in total. The summed E-state index contributed by atoms with van der Waals surface area (Å²) >= 11 is 0. The molecule has 0 bridgehead atoms. The van der Waals surface area contributed by atoms with Crippen molar-refractivity contribution in [1.82, 2.24) is 0 Å². The van der Waals surface area contributed by atoms with E-state index >= 15 is 0 Å². The molecule has 4 N–H and O–H groups in total. The third-order valence-corrected chi connectivity index (χ3v) is 4.07. The lowest BCUT2D eigenvalue weighted by molar-refractivity contribution is 1.24. The second-order valence-electron chi connectivity index (χ2n) is 5.59. The summed E-state index contributed by atoms with van der Waals surface area (Å²) in [5.74, 6) is 0. The number of hydrogen-bond acceptors (Lipinski definition) is 2. The van der Waals surface area contributed by atoms with Crippen LogP contribution in [0.5, 0.6) is 0 Å². The topological polar surface area (TPSA) is 52.0 Å². The molecule has 0 saturated carbocycles. The van der Waals surface area contributed by atoms with Gasteiger partial charge in [-0.15, -0.1) is 13.2 Å². The van der Waals surface area contributed by atoms with Crippen LogP contribution in [0, 0.1) is 0 Å². The largest absolute Gasteiger partial charge is 0.399 e. The lowest BCUT2D eigenvalue weighted by Gasteiger charge is -2.14. The molecule has 0 fully saturated rings. The fourth-order valence-electron chi connectivity index (χ4n) is 3.01. The van der Waals surface area contributed by atoms with E-state index in [-0.39, 0.29) is 0 Å². The molecule has 0 saturated heterocycles. The van der Waals surface area contributed by atoms with Gasteiger partial charge in [-0.3, -0.25) is 0 Å². The second kappa shape index (κ2) is 5.57. The zero-order valence-corrected chi connectivity index (χ0v) is 12.6. The Balaban J connectivity index is 2.39. The first-order valence-electron chi connectivity index (χ1n) is 7.39. The van der Waals surface area contributed by atoms with Gasteiger partial charge in [-0.1, -0.05) is 18.2 Å². The highest BCUT2D eigenvalue weighted by Crippen LogP contribution is 2.33. The molecule has 110 valence electrons. The third kappa shape index (κ3) is 2.33. The van der Waals surface area contributed by atoms with Crippen molar-refractivity contribution in [1.29, 1.82) is 0 Å². The molecule has 0 aliphatic rings. The number of nitrogens with two attached hydrogens (primary N) is 2. The lowest BCUT2D eigenvalue weighted by atomic mass is 9.92. The molecule has 3 rings (SSSR count). The van der Waals surface area contributed by atoms with Crippen LogP contribution in [0.3, 0.4) is 0 Å². The summed E-state index contributed by atoms with van der Waals surface area (Å²) in [6, 6.07) is 12.5. The Bertz CT molecular complexity index is 891. The van der Waals surface area contributed by atoms with Crippen LogP contribution in [-0.2, 0) is 12.8 Å². The van der Waals surface area contributed by atoms with Gasteiger partial charge in [-0.2, -0.15) is 0 Å². The number of benzene rings is 3. The molecule has 0 atom stereocenters. The van der Waals surface area contributed by atoms with Crippen molar-refractivity contribution in [2.24, 2.45) is 0 Å². The molecule has 2 heteroatoms. The normalized spacial score (nSPS) is 10.9. The zero-order valence-electron chi connectivity index (χ0n) is 12.6. The molecule has 3 aromatic carbocycles. The van der Waals surface area contributed by atoms with Crippen LogP contribution in [0.25, 0.3) is 21.5 Å². The summed E-state index contributed by atoms with van der Waals surface area (Å²) in [4.78, 5) is 0. The molecular formula is C20H20N2. The van der Waals surface area contributed by atoms with Crippen molar-refractivity contribution in [2.45, 2.75) is 12.8 Å². The number of hydrogen-bond donors (Lipinski definition) is 2. The molecule has 0 aromatic heterocycles. The van der Waals surface area contributed by atoms with Crippen LogP contribution in [-0.4, -0.2) is 0 Å². The van der Waals surface area contributed by atoms with Gasteiger partial charge in [0.05, 0.1) is 0 Å². The Morgan fingerprint density at radius 2 is 1.59 bits per heavy atom. The molecule has 0 spiro atoms. The second-order valence-corrected chi connectivity index (χ2v) is 5.59. The summed E-state index contributed by atoms with van der Waals surface area (Å²) in [6.07, 6.45) is 5.30. The minimum absolute atomic E-state index is 0.758. The van der Waals surface area contributed by atoms with Gasteiger partial charge < -0.3 is 11.5 Å². The molecule has 22 heavy (non-hydrogen) atoms. The molecule has 0 unspecified atom stereocenters. The smallest absolute Gasteiger partial charge is 0.0391 e. The highest BCUT2D eigenvalue weighted by Gasteiger charge is 2.10. The Labute approximate surface area is 130 Å². The molecule has 0 aliphatic carbocycles.